The van der Waals surface area contributed by atoms with E-state index in [1.165, 1.54) is 0 Å². The molecule has 0 saturated carbocycles. The summed E-state index contributed by atoms with van der Waals surface area (Å²) in [6, 6.07) is 0. The molecule has 0 aromatic heterocycles. The van der Waals surface area contributed by atoms with Gasteiger partial charge in [0.15, 0.2) is 0 Å². The summed E-state index contributed by atoms with van der Waals surface area (Å²) >= 11 is 4.10. The summed E-state index contributed by atoms with van der Waals surface area (Å²) in [7, 11) is -3.05. The summed E-state index contributed by atoms with van der Waals surface area (Å²) in [5.74, 6) is 5.57. The van der Waals surface area contributed by atoms with E-state index in [1.54, 1.807) is 0 Å². The van der Waals surface area contributed by atoms with Crippen LogP contribution < -0.4 is 11.8 Å². The first-order valence-electron chi connectivity index (χ1n) is 1.24. The Hall–Kier alpha value is 0.210. The van der Waals surface area contributed by atoms with Crippen molar-refractivity contribution in [2.45, 2.75) is 0 Å². The van der Waals surface area contributed by atoms with Gasteiger partial charge in [0.25, 0.3) is 0 Å². The molecular weight excluding hydrogens is 140 g/mol. The lowest BCUT2D eigenvalue weighted by Gasteiger charge is -1.87. The Morgan fingerprint density at radius 2 is 1.71 bits per heavy atom. The van der Waals surface area contributed by atoms with Gasteiger partial charge in [-0.05, 0) is 0 Å². The van der Waals surface area contributed by atoms with Gasteiger partial charge in [0.05, 0.1) is 0 Å². The summed E-state index contributed by atoms with van der Waals surface area (Å²) in [5.41, 5.74) is 0. The minimum Gasteiger partial charge on any atom is -0.194 e. The summed E-state index contributed by atoms with van der Waals surface area (Å²) in [4.78, 5) is 0. The van der Waals surface area contributed by atoms with Crippen LogP contribution in [0.2, 0.25) is 0 Å². The molecule has 0 aliphatic rings. The van der Waals surface area contributed by atoms with Crippen LogP contribution in [-0.4, -0.2) is 4.21 Å². The van der Waals surface area contributed by atoms with E-state index in [0.717, 1.165) is 0 Å². The molecule has 0 amide bonds. The first-order chi connectivity index (χ1) is 3.12. The van der Waals surface area contributed by atoms with Crippen LogP contribution in [0.5, 0.6) is 0 Å². The maximum Gasteiger partial charge on any atom is 0.363 e. The molecule has 0 atom stereocenters. The van der Waals surface area contributed by atoms with Crippen LogP contribution >= 0.6 is 0 Å². The van der Waals surface area contributed by atoms with Gasteiger partial charge in [0.1, 0.15) is 0 Å². The SMILES string of the molecule is [NH3+]OS(=O)(=S)O[NH3+]. The molecular formula is H6N2O3S2+2. The van der Waals surface area contributed by atoms with E-state index in [1.807, 2.05) is 0 Å². The zero-order valence-corrected chi connectivity index (χ0v) is 5.09. The zero-order valence-electron chi connectivity index (χ0n) is 3.46. The topological polar surface area (TPSA) is 90.8 Å². The second-order valence-electron chi connectivity index (χ2n) is 0.644. The van der Waals surface area contributed by atoms with Gasteiger partial charge in [-0.3, -0.25) is 0 Å². The van der Waals surface area contributed by atoms with Gasteiger partial charge in [-0.2, -0.15) is 16.0 Å². The van der Waals surface area contributed by atoms with Gasteiger partial charge >= 0.3 is 9.05 Å². The van der Waals surface area contributed by atoms with E-state index in [0.29, 0.717) is 0 Å². The Labute approximate surface area is 45.6 Å². The van der Waals surface area contributed by atoms with Crippen molar-refractivity contribution in [1.82, 2.24) is 0 Å². The van der Waals surface area contributed by atoms with E-state index in [2.05, 4.69) is 31.5 Å². The van der Waals surface area contributed by atoms with Crippen molar-refractivity contribution >= 4 is 20.2 Å². The Morgan fingerprint density at radius 3 is 1.71 bits per heavy atom. The first kappa shape index (κ1) is 7.21. The zero-order chi connectivity index (χ0) is 5.91. The van der Waals surface area contributed by atoms with E-state index in [-0.39, 0.29) is 0 Å². The van der Waals surface area contributed by atoms with E-state index >= 15 is 0 Å². The largest absolute Gasteiger partial charge is 0.363 e. The highest BCUT2D eigenvalue weighted by atomic mass is 32.9. The molecule has 0 aliphatic heterocycles. The molecule has 0 aromatic carbocycles. The van der Waals surface area contributed by atoms with Crippen LogP contribution in [-0.2, 0) is 28.8 Å². The average Bonchev–Trinajstić information content (AvgIpc) is 1.68. The van der Waals surface area contributed by atoms with E-state index < -0.39 is 9.05 Å². The molecule has 0 radical (unpaired) electrons. The lowest BCUT2D eigenvalue weighted by Crippen LogP contribution is -2.58. The van der Waals surface area contributed by atoms with Crippen molar-refractivity contribution in [3.05, 3.63) is 0 Å². The molecule has 0 unspecified atom stereocenters. The van der Waals surface area contributed by atoms with Gasteiger partial charge in [-0.25, -0.2) is 0 Å². The van der Waals surface area contributed by atoms with E-state index in [4.69, 9.17) is 0 Å². The summed E-state index contributed by atoms with van der Waals surface area (Å²) in [5, 5.41) is 0. The van der Waals surface area contributed by atoms with Crippen LogP contribution in [0.4, 0.5) is 0 Å². The Morgan fingerprint density at radius 1 is 1.43 bits per heavy atom. The van der Waals surface area contributed by atoms with Crippen molar-refractivity contribution in [2.75, 3.05) is 0 Å². The van der Waals surface area contributed by atoms with Gasteiger partial charge < -0.3 is 0 Å². The molecule has 0 aliphatic carbocycles. The number of quaternary nitrogens is 2. The predicted octanol–water partition coefficient (Wildman–Crippen LogP) is -3.09. The summed E-state index contributed by atoms with van der Waals surface area (Å²) in [6.07, 6.45) is 0. The third-order valence-corrected chi connectivity index (χ3v) is 1.44. The summed E-state index contributed by atoms with van der Waals surface area (Å²) < 4.78 is 18.0. The molecule has 0 aromatic rings. The molecule has 7 heteroatoms. The number of rotatable bonds is 2. The highest BCUT2D eigenvalue weighted by molar-refractivity contribution is 8.27. The van der Waals surface area contributed by atoms with Crippen LogP contribution in [0.1, 0.15) is 0 Å². The summed E-state index contributed by atoms with van der Waals surface area (Å²) in [6.45, 7) is 0. The fourth-order valence-corrected chi connectivity index (χ4v) is 0.102. The lowest BCUT2D eigenvalue weighted by atomic mass is 13.6. The molecule has 0 bridgehead atoms. The van der Waals surface area contributed by atoms with Crippen LogP contribution in [0, 0.1) is 0 Å². The fourth-order valence-electron chi connectivity index (χ4n) is 0.0340. The predicted molar refractivity (Wildman–Crippen MR) is 23.5 cm³/mol. The third-order valence-electron chi connectivity index (χ3n) is 0.289. The van der Waals surface area contributed by atoms with Crippen LogP contribution in [0.3, 0.4) is 0 Å². The molecule has 44 valence electrons. The molecule has 7 heavy (non-hydrogen) atoms. The van der Waals surface area contributed by atoms with Crippen molar-refractivity contribution < 1.29 is 24.6 Å². The number of hydrogen-bond acceptors (Lipinski definition) is 4. The molecule has 5 nitrogen and oxygen atoms in total. The highest BCUT2D eigenvalue weighted by Crippen LogP contribution is 1.78. The van der Waals surface area contributed by atoms with Crippen molar-refractivity contribution in [3.63, 3.8) is 0 Å². The monoisotopic (exact) mass is 146 g/mol. The van der Waals surface area contributed by atoms with Gasteiger partial charge in [0, 0.05) is 11.2 Å². The fraction of sp³-hybridized carbons (Fsp3) is 0. The molecule has 6 N–H and O–H groups in total. The minimum absolute atomic E-state index is 2.78. The Bertz CT molecular complexity index is 114. The molecule has 0 saturated heterocycles. The standard InChI is InChI=1S/H6N2O3S2/c1-4-7(3,6)5-2/h1-2H3/q+2. The van der Waals surface area contributed by atoms with Gasteiger partial charge in [-0.15, -0.1) is 0 Å². The Balaban J connectivity index is 3.89. The second kappa shape index (κ2) is 2.50. The maximum absolute atomic E-state index is 10.2. The third kappa shape index (κ3) is 2.85. The van der Waals surface area contributed by atoms with Crippen molar-refractivity contribution in [3.8, 4) is 0 Å². The first-order valence-corrected chi connectivity index (χ1v) is 3.58. The van der Waals surface area contributed by atoms with Gasteiger partial charge in [-0.1, -0.05) is 8.57 Å². The smallest absolute Gasteiger partial charge is 0.194 e. The van der Waals surface area contributed by atoms with Crippen LogP contribution in [0.15, 0.2) is 0 Å². The van der Waals surface area contributed by atoms with Crippen molar-refractivity contribution in [2.24, 2.45) is 0 Å². The van der Waals surface area contributed by atoms with Crippen LogP contribution in [0.25, 0.3) is 0 Å². The van der Waals surface area contributed by atoms with E-state index in [9.17, 15) is 4.21 Å². The quantitative estimate of drug-likeness (QED) is 0.404. The average molecular weight is 146 g/mol. The van der Waals surface area contributed by atoms with Crippen molar-refractivity contribution in [1.29, 1.82) is 0 Å². The molecule has 0 heterocycles. The minimum atomic E-state index is -3.05. The molecule has 0 rings (SSSR count). The number of hydrogen-bond donors (Lipinski definition) is 2. The normalized spacial score (nSPS) is 11.7. The Kier molecular flexibility index (Phi) is 2.58. The maximum atomic E-state index is 10.2. The lowest BCUT2D eigenvalue weighted by molar-refractivity contribution is -0.670. The molecule has 0 fully saturated rings. The highest BCUT2D eigenvalue weighted by Gasteiger charge is 2.04. The van der Waals surface area contributed by atoms with Gasteiger partial charge in [0.2, 0.25) is 0 Å². The second-order valence-corrected chi connectivity index (χ2v) is 3.16. The molecule has 0 spiro atoms.